The molecule has 2 fully saturated rings. The number of anilines is 1. The second-order valence-electron chi connectivity index (χ2n) is 7.25. The second-order valence-corrected chi connectivity index (χ2v) is 7.25. The van der Waals surface area contributed by atoms with Crippen LogP contribution in [0.5, 0.6) is 0 Å². The van der Waals surface area contributed by atoms with E-state index in [1.807, 2.05) is 30.0 Å². The predicted molar refractivity (Wildman–Crippen MR) is 95.7 cm³/mol. The van der Waals surface area contributed by atoms with Crippen LogP contribution < -0.4 is 5.32 Å². The van der Waals surface area contributed by atoms with Gasteiger partial charge in [-0.1, -0.05) is 13.0 Å². The number of piperidine rings is 1. The topological polar surface area (TPSA) is 58.1 Å². The molecule has 0 saturated carbocycles. The van der Waals surface area contributed by atoms with Crippen LogP contribution in [-0.4, -0.2) is 33.2 Å². The molecule has 1 aromatic carbocycles. The van der Waals surface area contributed by atoms with E-state index in [1.165, 1.54) is 6.07 Å². The summed E-state index contributed by atoms with van der Waals surface area (Å²) in [5.74, 6) is 0.270. The number of benzene rings is 1. The van der Waals surface area contributed by atoms with Gasteiger partial charge in [0, 0.05) is 30.8 Å². The van der Waals surface area contributed by atoms with Crippen molar-refractivity contribution in [1.29, 1.82) is 0 Å². The number of nitrogens with one attached hydrogen (secondary N) is 1. The van der Waals surface area contributed by atoms with Crippen LogP contribution in [0.1, 0.15) is 33.2 Å². The molecule has 2 aliphatic heterocycles. The van der Waals surface area contributed by atoms with Gasteiger partial charge in [-0.05, 0) is 49.8 Å². The third-order valence-corrected chi connectivity index (χ3v) is 5.30. The zero-order chi connectivity index (χ0) is 17.6. The van der Waals surface area contributed by atoms with E-state index < -0.39 is 5.82 Å². The highest BCUT2D eigenvalue weighted by atomic mass is 19.1. The van der Waals surface area contributed by atoms with Crippen LogP contribution in [0.4, 0.5) is 14.9 Å². The van der Waals surface area contributed by atoms with Crippen molar-refractivity contribution in [3.63, 3.8) is 0 Å². The molecule has 2 atom stereocenters. The molecule has 3 heterocycles. The normalized spacial score (nSPS) is 24.6. The minimum absolute atomic E-state index is 0. The Morgan fingerprint density at radius 2 is 2.04 bits per heavy atom. The Morgan fingerprint density at radius 1 is 1.28 bits per heavy atom. The second kappa shape index (κ2) is 6.10. The molecular formula is C19H23FN4O. The Kier molecular flexibility index (Phi) is 3.90. The maximum absolute atomic E-state index is 13.4. The fourth-order valence-corrected chi connectivity index (χ4v) is 4.12. The van der Waals surface area contributed by atoms with Crippen LogP contribution in [0.15, 0.2) is 30.5 Å². The lowest BCUT2D eigenvalue weighted by molar-refractivity contribution is -0.00600. The molecule has 2 amide bonds. The molecule has 5 nitrogen and oxygen atoms in total. The monoisotopic (exact) mass is 342 g/mol. The van der Waals surface area contributed by atoms with E-state index >= 15 is 0 Å². The standard InChI is InChI=1S/C19H21FN4O.H2/c1-11-5-15-9-16(6-11)24(15)19(25)22-14-4-3-12(2)17(8-14)18-7-13(20)10-21-23-18;/h3-4,7-8,10-11,15-16H,5-6,9H2,1-2H3,(H,22,25);1H. The van der Waals surface area contributed by atoms with Crippen molar-refractivity contribution in [2.45, 2.75) is 45.2 Å². The first kappa shape index (κ1) is 16.0. The van der Waals surface area contributed by atoms with Gasteiger partial charge in [0.15, 0.2) is 0 Å². The smallest absolute Gasteiger partial charge is 0.318 e. The Bertz CT molecular complexity index is 819. The van der Waals surface area contributed by atoms with Crippen molar-refractivity contribution in [1.82, 2.24) is 15.1 Å². The van der Waals surface area contributed by atoms with E-state index in [2.05, 4.69) is 22.4 Å². The summed E-state index contributed by atoms with van der Waals surface area (Å²) >= 11 is 0. The van der Waals surface area contributed by atoms with Crippen LogP contribution >= 0.6 is 0 Å². The van der Waals surface area contributed by atoms with Gasteiger partial charge >= 0.3 is 6.03 Å². The summed E-state index contributed by atoms with van der Waals surface area (Å²) in [4.78, 5) is 14.6. The minimum atomic E-state index is -0.429. The van der Waals surface area contributed by atoms with E-state index in [9.17, 15) is 9.18 Å². The number of hydrogen-bond acceptors (Lipinski definition) is 3. The van der Waals surface area contributed by atoms with Crippen molar-refractivity contribution in [3.05, 3.63) is 41.8 Å². The van der Waals surface area contributed by atoms with Crippen LogP contribution in [0, 0.1) is 18.7 Å². The highest BCUT2D eigenvalue weighted by Gasteiger charge is 2.46. The van der Waals surface area contributed by atoms with Crippen molar-refractivity contribution in [3.8, 4) is 11.3 Å². The SMILES string of the molecule is Cc1ccc(NC(=O)N2C3CC(C)CC2C3)cc1-c1cc(F)cnn1.[HH]. The van der Waals surface area contributed by atoms with Crippen molar-refractivity contribution in [2.24, 2.45) is 5.92 Å². The van der Waals surface area contributed by atoms with Gasteiger partial charge in [0.2, 0.25) is 0 Å². The predicted octanol–water partition coefficient (Wildman–Crippen LogP) is 4.24. The lowest BCUT2D eigenvalue weighted by Crippen LogP contribution is -2.63. The van der Waals surface area contributed by atoms with E-state index in [1.54, 1.807) is 0 Å². The molecule has 6 heteroatoms. The highest BCUT2D eigenvalue weighted by Crippen LogP contribution is 2.41. The number of hydrogen-bond donors (Lipinski definition) is 1. The fourth-order valence-electron chi connectivity index (χ4n) is 4.12. The van der Waals surface area contributed by atoms with Crippen molar-refractivity contribution < 1.29 is 10.6 Å². The zero-order valence-electron chi connectivity index (χ0n) is 14.4. The molecule has 132 valence electrons. The molecule has 25 heavy (non-hydrogen) atoms. The summed E-state index contributed by atoms with van der Waals surface area (Å²) in [6.07, 6.45) is 4.37. The van der Waals surface area contributed by atoms with E-state index in [-0.39, 0.29) is 7.46 Å². The largest absolute Gasteiger partial charge is 0.322 e. The quantitative estimate of drug-likeness (QED) is 0.888. The maximum atomic E-state index is 13.4. The Balaban J connectivity index is 0.00000196. The molecule has 4 rings (SSSR count). The molecule has 0 radical (unpaired) electrons. The minimum Gasteiger partial charge on any atom is -0.318 e. The maximum Gasteiger partial charge on any atom is 0.322 e. The number of aryl methyl sites for hydroxylation is 1. The average Bonchev–Trinajstić information content (AvgIpc) is 2.56. The van der Waals surface area contributed by atoms with Gasteiger partial charge in [0.1, 0.15) is 5.82 Å². The van der Waals surface area contributed by atoms with Gasteiger partial charge in [-0.25, -0.2) is 9.18 Å². The number of nitrogens with zero attached hydrogens (tertiary/aromatic N) is 3. The van der Waals surface area contributed by atoms with E-state index in [0.717, 1.165) is 36.6 Å². The molecule has 2 saturated heterocycles. The molecule has 1 aromatic heterocycles. The molecule has 2 aliphatic rings. The number of aromatic nitrogens is 2. The van der Waals surface area contributed by atoms with Crippen molar-refractivity contribution in [2.75, 3.05) is 5.32 Å². The van der Waals surface area contributed by atoms with Crippen LogP contribution in [0.3, 0.4) is 0 Å². The number of amides is 2. The van der Waals surface area contributed by atoms with Gasteiger partial charge in [0.25, 0.3) is 0 Å². The summed E-state index contributed by atoms with van der Waals surface area (Å²) < 4.78 is 13.4. The molecule has 1 N–H and O–H groups in total. The highest BCUT2D eigenvalue weighted by molar-refractivity contribution is 5.91. The molecule has 2 unspecified atom stereocenters. The molecule has 0 aliphatic carbocycles. The lowest BCUT2D eigenvalue weighted by atomic mass is 9.74. The van der Waals surface area contributed by atoms with Gasteiger partial charge in [-0.15, -0.1) is 0 Å². The first-order valence-corrected chi connectivity index (χ1v) is 8.70. The number of fused-ring (bicyclic) bond motifs is 2. The van der Waals surface area contributed by atoms with Gasteiger partial charge in [-0.2, -0.15) is 10.2 Å². The molecular weight excluding hydrogens is 319 g/mol. The number of halogens is 1. The first-order chi connectivity index (χ1) is 12.0. The Morgan fingerprint density at radius 3 is 2.76 bits per heavy atom. The summed E-state index contributed by atoms with van der Waals surface area (Å²) in [6, 6.07) is 7.63. The van der Waals surface area contributed by atoms with Crippen LogP contribution in [0.2, 0.25) is 0 Å². The molecule has 2 bridgehead atoms. The average molecular weight is 342 g/mol. The first-order valence-electron chi connectivity index (χ1n) is 8.70. The number of carbonyl (C=O) groups excluding carboxylic acids is 1. The van der Waals surface area contributed by atoms with E-state index in [0.29, 0.717) is 29.4 Å². The van der Waals surface area contributed by atoms with Gasteiger partial charge < -0.3 is 10.2 Å². The summed E-state index contributed by atoms with van der Waals surface area (Å²) in [5, 5.41) is 10.6. The molecule has 0 spiro atoms. The van der Waals surface area contributed by atoms with Gasteiger partial charge in [0.05, 0.1) is 11.9 Å². The summed E-state index contributed by atoms with van der Waals surface area (Å²) in [7, 11) is 0. The third-order valence-electron chi connectivity index (χ3n) is 5.30. The fraction of sp³-hybridized carbons (Fsp3) is 0.421. The van der Waals surface area contributed by atoms with Crippen LogP contribution in [0.25, 0.3) is 11.3 Å². The molecule has 2 aromatic rings. The lowest BCUT2D eigenvalue weighted by Gasteiger charge is -2.54. The van der Waals surface area contributed by atoms with E-state index in [4.69, 9.17) is 0 Å². The van der Waals surface area contributed by atoms with Gasteiger partial charge in [-0.3, -0.25) is 0 Å². The van der Waals surface area contributed by atoms with Crippen molar-refractivity contribution >= 4 is 11.7 Å². The Hall–Kier alpha value is -2.50. The Labute approximate surface area is 147 Å². The number of rotatable bonds is 2. The summed E-state index contributed by atoms with van der Waals surface area (Å²) in [6.45, 7) is 4.18. The summed E-state index contributed by atoms with van der Waals surface area (Å²) in [5.41, 5.74) is 2.87. The number of urea groups is 1. The third kappa shape index (κ3) is 2.97. The zero-order valence-corrected chi connectivity index (χ0v) is 14.4. The van der Waals surface area contributed by atoms with Crippen LogP contribution in [-0.2, 0) is 0 Å². The number of carbonyl (C=O) groups is 1.